The fourth-order valence-electron chi connectivity index (χ4n) is 6.14. The molecule has 4 aromatic carbocycles. The molecule has 0 aliphatic rings. The molecular formula is C40H40N3OPt-. The summed E-state index contributed by atoms with van der Waals surface area (Å²) in [5, 5.41) is 11.0. The summed E-state index contributed by atoms with van der Waals surface area (Å²) in [6, 6.07) is 32.6. The van der Waals surface area contributed by atoms with Crippen LogP contribution in [-0.2, 0) is 31.9 Å². The molecule has 5 heteroatoms. The van der Waals surface area contributed by atoms with Crippen molar-refractivity contribution in [2.45, 2.75) is 66.2 Å². The van der Waals surface area contributed by atoms with Crippen LogP contribution in [0, 0.1) is 19.9 Å². The fourth-order valence-corrected chi connectivity index (χ4v) is 6.14. The summed E-state index contributed by atoms with van der Waals surface area (Å²) >= 11 is 0. The zero-order valence-electron chi connectivity index (χ0n) is 27.3. The summed E-state index contributed by atoms with van der Waals surface area (Å²) in [6.07, 6.45) is 1.85. The number of hydrogen-bond donors (Lipinski definition) is 1. The third-order valence-electron chi connectivity index (χ3n) is 8.18. The maximum absolute atomic E-state index is 11.0. The van der Waals surface area contributed by atoms with Crippen LogP contribution in [0.1, 0.15) is 63.8 Å². The largest absolute Gasteiger partial charge is 0.507 e. The maximum atomic E-state index is 11.0. The van der Waals surface area contributed by atoms with Gasteiger partial charge in [-0.1, -0.05) is 95.1 Å². The Bertz CT molecular complexity index is 1990. The van der Waals surface area contributed by atoms with Crippen molar-refractivity contribution in [3.63, 3.8) is 0 Å². The first-order chi connectivity index (χ1) is 20.8. The van der Waals surface area contributed by atoms with Gasteiger partial charge in [0.25, 0.3) is 0 Å². The van der Waals surface area contributed by atoms with Gasteiger partial charge >= 0.3 is 0 Å². The van der Waals surface area contributed by atoms with Crippen molar-refractivity contribution in [2.75, 3.05) is 0 Å². The monoisotopic (exact) mass is 773 g/mol. The van der Waals surface area contributed by atoms with Crippen molar-refractivity contribution < 1.29 is 26.2 Å². The average molecular weight is 774 g/mol. The Kier molecular flexibility index (Phi) is 8.68. The Balaban J connectivity index is 0.00000400. The number of hydrogen-bond acceptors (Lipinski definition) is 3. The summed E-state index contributed by atoms with van der Waals surface area (Å²) in [4.78, 5) is 10.1. The van der Waals surface area contributed by atoms with Gasteiger partial charge in [0, 0.05) is 38.6 Å². The Labute approximate surface area is 281 Å². The number of phenolic OH excluding ortho intramolecular Hbond substituents is 1. The molecule has 232 valence electrons. The number of phenols is 1. The van der Waals surface area contributed by atoms with E-state index in [9.17, 15) is 5.11 Å². The van der Waals surface area contributed by atoms with Crippen molar-refractivity contribution in [2.24, 2.45) is 0 Å². The third kappa shape index (κ3) is 6.13. The Morgan fingerprint density at radius 3 is 1.93 bits per heavy atom. The standard InChI is InChI=1S/C40H40N3O.Pt/c1-25-20-26(2)22-27(21-25)43-35-17-13-15-28(37(35)42-38(43)29-14-9-10-18-36(29)44)30-23-31(34-16-11-12-19-41-34)33(40(6,7)8)24-32(30)39(3,4)5;/h9-22,24,44H,1-8H3;/q-1;. The van der Waals surface area contributed by atoms with E-state index in [1.807, 2.05) is 36.5 Å². The summed E-state index contributed by atoms with van der Waals surface area (Å²) in [5.74, 6) is 0.896. The smallest absolute Gasteiger partial charge is 0.148 e. The molecule has 0 radical (unpaired) electrons. The van der Waals surface area contributed by atoms with Crippen molar-refractivity contribution in [3.05, 3.63) is 119 Å². The Morgan fingerprint density at radius 1 is 0.689 bits per heavy atom. The molecule has 0 bridgehead atoms. The molecule has 0 aliphatic heterocycles. The van der Waals surface area contributed by atoms with E-state index in [1.165, 1.54) is 22.3 Å². The summed E-state index contributed by atoms with van der Waals surface area (Å²) < 4.78 is 2.17. The van der Waals surface area contributed by atoms with Gasteiger partial charge in [0.1, 0.15) is 11.6 Å². The second-order valence-electron chi connectivity index (χ2n) is 13.9. The molecule has 2 aromatic heterocycles. The second-order valence-corrected chi connectivity index (χ2v) is 13.9. The second kappa shape index (κ2) is 12.1. The number of benzene rings is 4. The fraction of sp³-hybridized carbons (Fsp3) is 0.250. The van der Waals surface area contributed by atoms with E-state index in [2.05, 4.69) is 115 Å². The molecular weight excluding hydrogens is 734 g/mol. The van der Waals surface area contributed by atoms with Crippen LogP contribution in [0.25, 0.3) is 50.5 Å². The van der Waals surface area contributed by atoms with Crippen molar-refractivity contribution in [1.29, 1.82) is 0 Å². The predicted molar refractivity (Wildman–Crippen MR) is 183 cm³/mol. The number of aryl methyl sites for hydroxylation is 2. The Morgan fingerprint density at radius 2 is 1.31 bits per heavy atom. The number of imidazole rings is 1. The number of aromatic nitrogens is 3. The zero-order chi connectivity index (χ0) is 31.4. The number of pyridine rings is 1. The van der Waals surface area contributed by atoms with Crippen LogP contribution in [0.3, 0.4) is 0 Å². The normalized spacial score (nSPS) is 11.9. The van der Waals surface area contributed by atoms with Gasteiger partial charge in [0.2, 0.25) is 0 Å². The van der Waals surface area contributed by atoms with Crippen LogP contribution in [0.2, 0.25) is 0 Å². The molecule has 6 aromatic rings. The summed E-state index contributed by atoms with van der Waals surface area (Å²) in [6.45, 7) is 17.7. The molecule has 2 heterocycles. The molecule has 0 atom stereocenters. The van der Waals surface area contributed by atoms with Crippen LogP contribution in [0.5, 0.6) is 5.75 Å². The first-order valence-corrected chi connectivity index (χ1v) is 15.2. The molecule has 0 saturated carbocycles. The molecule has 0 aliphatic carbocycles. The quantitative estimate of drug-likeness (QED) is 0.182. The molecule has 0 unspecified atom stereocenters. The van der Waals surface area contributed by atoms with E-state index < -0.39 is 0 Å². The van der Waals surface area contributed by atoms with Gasteiger partial charge < -0.3 is 5.11 Å². The van der Waals surface area contributed by atoms with E-state index >= 15 is 0 Å². The predicted octanol–water partition coefficient (Wildman–Crippen LogP) is 10.1. The first-order valence-electron chi connectivity index (χ1n) is 15.2. The van der Waals surface area contributed by atoms with Crippen LogP contribution >= 0.6 is 0 Å². The van der Waals surface area contributed by atoms with E-state index in [-0.39, 0.29) is 37.6 Å². The van der Waals surface area contributed by atoms with Gasteiger partial charge in [0.05, 0.1) is 16.6 Å². The van der Waals surface area contributed by atoms with Gasteiger partial charge in [0.15, 0.2) is 0 Å². The average Bonchev–Trinajstić information content (AvgIpc) is 3.35. The van der Waals surface area contributed by atoms with E-state index in [4.69, 9.17) is 9.97 Å². The van der Waals surface area contributed by atoms with Gasteiger partial charge in [-0.25, -0.2) is 4.98 Å². The molecule has 0 spiro atoms. The molecule has 45 heavy (non-hydrogen) atoms. The van der Waals surface area contributed by atoms with Crippen molar-refractivity contribution in [1.82, 2.24) is 14.5 Å². The molecule has 0 fully saturated rings. The minimum Gasteiger partial charge on any atom is -0.507 e. The number of nitrogens with zero attached hydrogens (tertiary/aromatic N) is 3. The maximum Gasteiger partial charge on any atom is 0.148 e. The topological polar surface area (TPSA) is 50.9 Å². The van der Waals surface area contributed by atoms with Gasteiger partial charge in [-0.05, 0) is 72.2 Å². The SMILES string of the molecule is Cc1cc(C)cc(-n2c(-c3ccccc3O)nc3c(-c4[c-]c(-c5ccccn5)c(C(C)(C)C)cc4C(C)(C)C)cccc32)c1.[Pt]. The third-order valence-corrected chi connectivity index (χ3v) is 8.18. The number of rotatable bonds is 4. The molecule has 6 rings (SSSR count). The minimum atomic E-state index is -0.159. The van der Waals surface area contributed by atoms with E-state index in [0.717, 1.165) is 39.1 Å². The van der Waals surface area contributed by atoms with E-state index in [1.54, 1.807) is 6.07 Å². The van der Waals surface area contributed by atoms with Crippen LogP contribution in [0.4, 0.5) is 0 Å². The number of fused-ring (bicyclic) bond motifs is 1. The summed E-state index contributed by atoms with van der Waals surface area (Å²) in [5.41, 5.74) is 12.0. The number of para-hydroxylation sites is 2. The van der Waals surface area contributed by atoms with Crippen LogP contribution in [-0.4, -0.2) is 19.6 Å². The van der Waals surface area contributed by atoms with Crippen molar-refractivity contribution >= 4 is 11.0 Å². The van der Waals surface area contributed by atoms with E-state index in [0.29, 0.717) is 11.4 Å². The van der Waals surface area contributed by atoms with Gasteiger partial charge in [-0.2, -0.15) is 0 Å². The molecule has 0 amide bonds. The summed E-state index contributed by atoms with van der Waals surface area (Å²) in [7, 11) is 0. The molecule has 1 N–H and O–H groups in total. The van der Waals surface area contributed by atoms with Crippen LogP contribution < -0.4 is 0 Å². The first kappa shape index (κ1) is 32.4. The Hall–Kier alpha value is -4.01. The molecule has 4 nitrogen and oxygen atoms in total. The minimum absolute atomic E-state index is 0. The van der Waals surface area contributed by atoms with Crippen molar-refractivity contribution in [3.8, 4) is 45.2 Å². The molecule has 0 saturated heterocycles. The van der Waals surface area contributed by atoms with Crippen LogP contribution in [0.15, 0.2) is 91.1 Å². The van der Waals surface area contributed by atoms with Gasteiger partial charge in [-0.3, -0.25) is 9.55 Å². The number of aromatic hydroxyl groups is 1. The zero-order valence-corrected chi connectivity index (χ0v) is 29.5. The van der Waals surface area contributed by atoms with Gasteiger partial charge in [-0.15, -0.1) is 28.8 Å².